The van der Waals surface area contributed by atoms with Crippen LogP contribution in [0.15, 0.2) is 0 Å². The molecule has 0 aliphatic rings. The molecule has 0 aromatic carbocycles. The van der Waals surface area contributed by atoms with E-state index in [9.17, 15) is 4.79 Å². The lowest BCUT2D eigenvalue weighted by Gasteiger charge is -2.20. The first-order valence-corrected chi connectivity index (χ1v) is 4.96. The molecular weight excluding hydrogens is 180 g/mol. The summed E-state index contributed by atoms with van der Waals surface area (Å²) >= 11 is 0. The van der Waals surface area contributed by atoms with Gasteiger partial charge in [0.05, 0.1) is 0 Å². The van der Waals surface area contributed by atoms with Gasteiger partial charge in [-0.3, -0.25) is 0 Å². The van der Waals surface area contributed by atoms with Gasteiger partial charge in [-0.15, -0.1) is 0 Å². The van der Waals surface area contributed by atoms with Crippen molar-refractivity contribution in [1.82, 2.24) is 10.6 Å². The van der Waals surface area contributed by atoms with E-state index in [4.69, 9.17) is 4.74 Å². The van der Waals surface area contributed by atoms with Gasteiger partial charge >= 0.3 is 6.09 Å². The number of amides is 1. The fourth-order valence-corrected chi connectivity index (χ4v) is 0.992. The lowest BCUT2D eigenvalue weighted by molar-refractivity contribution is 0.0520. The molecule has 0 radical (unpaired) electrons. The first-order chi connectivity index (χ1) is 6.35. The third kappa shape index (κ3) is 7.86. The van der Waals surface area contributed by atoms with Crippen LogP contribution in [0.4, 0.5) is 4.79 Å². The molecule has 0 aliphatic heterocycles. The molecule has 0 fully saturated rings. The molecule has 1 atom stereocenters. The molecule has 0 aromatic rings. The van der Waals surface area contributed by atoms with E-state index in [1.807, 2.05) is 27.8 Å². The van der Waals surface area contributed by atoms with Crippen LogP contribution in [0.3, 0.4) is 0 Å². The Morgan fingerprint density at radius 1 is 1.36 bits per heavy atom. The molecule has 1 unspecified atom stereocenters. The quantitative estimate of drug-likeness (QED) is 0.724. The third-order valence-electron chi connectivity index (χ3n) is 1.55. The van der Waals surface area contributed by atoms with Crippen LogP contribution in [-0.4, -0.2) is 31.8 Å². The second kappa shape index (κ2) is 5.86. The van der Waals surface area contributed by atoms with E-state index in [1.54, 1.807) is 0 Å². The Morgan fingerprint density at radius 2 is 1.93 bits per heavy atom. The van der Waals surface area contributed by atoms with Crippen molar-refractivity contribution < 1.29 is 9.53 Å². The highest BCUT2D eigenvalue weighted by Crippen LogP contribution is 2.06. The lowest BCUT2D eigenvalue weighted by Crippen LogP contribution is -2.36. The summed E-state index contributed by atoms with van der Waals surface area (Å²) in [6.07, 6.45) is -0.347. The van der Waals surface area contributed by atoms with Gasteiger partial charge in [0.2, 0.25) is 0 Å². The van der Waals surface area contributed by atoms with E-state index in [-0.39, 0.29) is 6.09 Å². The standard InChI is InChI=1S/C10H22N2O2/c1-8(6-11-5)7-12-9(13)14-10(2,3)4/h8,11H,6-7H2,1-5H3,(H,12,13). The van der Waals surface area contributed by atoms with Crippen LogP contribution in [-0.2, 0) is 4.74 Å². The van der Waals surface area contributed by atoms with Gasteiger partial charge in [-0.05, 0) is 40.3 Å². The van der Waals surface area contributed by atoms with Crippen molar-refractivity contribution in [2.24, 2.45) is 5.92 Å². The van der Waals surface area contributed by atoms with E-state index in [0.717, 1.165) is 6.54 Å². The number of hydrogen-bond acceptors (Lipinski definition) is 3. The molecule has 4 nitrogen and oxygen atoms in total. The average molecular weight is 202 g/mol. The second-order valence-electron chi connectivity index (χ2n) is 4.55. The minimum absolute atomic E-state index is 0.347. The predicted octanol–water partition coefficient (Wildman–Crippen LogP) is 1.37. The molecule has 0 saturated carbocycles. The zero-order valence-electron chi connectivity index (χ0n) is 9.81. The topological polar surface area (TPSA) is 50.4 Å². The fourth-order valence-electron chi connectivity index (χ4n) is 0.992. The van der Waals surface area contributed by atoms with Crippen molar-refractivity contribution in [1.29, 1.82) is 0 Å². The molecule has 2 N–H and O–H groups in total. The van der Waals surface area contributed by atoms with Crippen molar-refractivity contribution in [3.05, 3.63) is 0 Å². The summed E-state index contributed by atoms with van der Waals surface area (Å²) in [6.45, 7) is 9.14. The summed E-state index contributed by atoms with van der Waals surface area (Å²) in [5, 5.41) is 5.77. The van der Waals surface area contributed by atoms with E-state index in [1.165, 1.54) is 0 Å². The molecule has 0 aromatic heterocycles. The number of alkyl carbamates (subject to hydrolysis) is 1. The summed E-state index contributed by atoms with van der Waals surface area (Å²) < 4.78 is 5.10. The number of carbonyl (C=O) groups is 1. The molecule has 1 amide bonds. The van der Waals surface area contributed by atoms with Gasteiger partial charge in [0, 0.05) is 6.54 Å². The summed E-state index contributed by atoms with van der Waals surface area (Å²) in [6, 6.07) is 0. The molecule has 0 heterocycles. The van der Waals surface area contributed by atoms with Crippen molar-refractivity contribution in [2.75, 3.05) is 20.1 Å². The van der Waals surface area contributed by atoms with Crippen LogP contribution >= 0.6 is 0 Å². The molecule has 0 rings (SSSR count). The van der Waals surface area contributed by atoms with Gasteiger partial charge in [-0.1, -0.05) is 6.92 Å². The maximum absolute atomic E-state index is 11.2. The van der Waals surface area contributed by atoms with E-state index in [2.05, 4.69) is 17.6 Å². The SMILES string of the molecule is CNCC(C)CNC(=O)OC(C)(C)C. The molecule has 0 spiro atoms. The van der Waals surface area contributed by atoms with E-state index >= 15 is 0 Å². The van der Waals surface area contributed by atoms with Gasteiger partial charge in [0.1, 0.15) is 5.60 Å². The van der Waals surface area contributed by atoms with Gasteiger partial charge < -0.3 is 15.4 Å². The van der Waals surface area contributed by atoms with Gasteiger partial charge in [-0.2, -0.15) is 0 Å². The smallest absolute Gasteiger partial charge is 0.407 e. The van der Waals surface area contributed by atoms with Gasteiger partial charge in [0.25, 0.3) is 0 Å². The van der Waals surface area contributed by atoms with Crippen molar-refractivity contribution in [3.8, 4) is 0 Å². The van der Waals surface area contributed by atoms with Crippen LogP contribution in [0.1, 0.15) is 27.7 Å². The minimum atomic E-state index is -0.420. The van der Waals surface area contributed by atoms with Crippen LogP contribution in [0.5, 0.6) is 0 Å². The van der Waals surface area contributed by atoms with Crippen LogP contribution in [0.25, 0.3) is 0 Å². The Hall–Kier alpha value is -0.770. The van der Waals surface area contributed by atoms with Crippen molar-refractivity contribution >= 4 is 6.09 Å². The fraction of sp³-hybridized carbons (Fsp3) is 0.900. The molecule has 0 aliphatic carbocycles. The molecule has 4 heteroatoms. The van der Waals surface area contributed by atoms with Gasteiger partial charge in [-0.25, -0.2) is 4.79 Å². The Labute approximate surface area is 86.4 Å². The van der Waals surface area contributed by atoms with Crippen LogP contribution in [0.2, 0.25) is 0 Å². The highest BCUT2D eigenvalue weighted by Gasteiger charge is 2.16. The zero-order chi connectivity index (χ0) is 11.2. The van der Waals surface area contributed by atoms with Crippen molar-refractivity contribution in [3.63, 3.8) is 0 Å². The largest absolute Gasteiger partial charge is 0.444 e. The Balaban J connectivity index is 3.64. The normalized spacial score (nSPS) is 13.5. The zero-order valence-corrected chi connectivity index (χ0v) is 9.81. The summed E-state index contributed by atoms with van der Waals surface area (Å²) in [4.78, 5) is 11.2. The first-order valence-electron chi connectivity index (χ1n) is 4.96. The average Bonchev–Trinajstić information content (AvgIpc) is 1.98. The minimum Gasteiger partial charge on any atom is -0.444 e. The molecule has 14 heavy (non-hydrogen) atoms. The number of nitrogens with one attached hydrogen (secondary N) is 2. The van der Waals surface area contributed by atoms with E-state index in [0.29, 0.717) is 12.5 Å². The van der Waals surface area contributed by atoms with Gasteiger partial charge in [0.15, 0.2) is 0 Å². The van der Waals surface area contributed by atoms with E-state index < -0.39 is 5.60 Å². The Kier molecular flexibility index (Phi) is 5.53. The Morgan fingerprint density at radius 3 is 2.36 bits per heavy atom. The maximum Gasteiger partial charge on any atom is 0.407 e. The second-order valence-corrected chi connectivity index (χ2v) is 4.55. The highest BCUT2D eigenvalue weighted by molar-refractivity contribution is 5.67. The third-order valence-corrected chi connectivity index (χ3v) is 1.55. The highest BCUT2D eigenvalue weighted by atomic mass is 16.6. The number of rotatable bonds is 4. The Bertz CT molecular complexity index is 175. The number of carbonyl (C=O) groups excluding carboxylic acids is 1. The summed E-state index contributed by atoms with van der Waals surface area (Å²) in [5.41, 5.74) is -0.420. The monoisotopic (exact) mass is 202 g/mol. The maximum atomic E-state index is 11.2. The first kappa shape index (κ1) is 13.2. The summed E-state index contributed by atoms with van der Waals surface area (Å²) in [5.74, 6) is 0.410. The van der Waals surface area contributed by atoms with Crippen molar-refractivity contribution in [2.45, 2.75) is 33.3 Å². The number of ether oxygens (including phenoxy) is 1. The number of hydrogen-bond donors (Lipinski definition) is 2. The molecule has 84 valence electrons. The summed E-state index contributed by atoms with van der Waals surface area (Å²) in [7, 11) is 1.89. The lowest BCUT2D eigenvalue weighted by atomic mass is 10.2. The predicted molar refractivity (Wildman–Crippen MR) is 57.3 cm³/mol. The molecule has 0 bridgehead atoms. The molecular formula is C10H22N2O2. The molecule has 0 saturated heterocycles. The van der Waals surface area contributed by atoms with Crippen LogP contribution < -0.4 is 10.6 Å². The van der Waals surface area contributed by atoms with Crippen LogP contribution in [0, 0.1) is 5.92 Å².